The maximum absolute atomic E-state index is 6.14. The van der Waals surface area contributed by atoms with Crippen LogP contribution in [0.3, 0.4) is 0 Å². The second-order valence-electron chi connectivity index (χ2n) is 3.84. The minimum atomic E-state index is 0.694. The fourth-order valence-corrected chi connectivity index (χ4v) is 2.65. The van der Waals surface area contributed by atoms with Gasteiger partial charge in [-0.2, -0.15) is 0 Å². The van der Waals surface area contributed by atoms with Gasteiger partial charge in [0, 0.05) is 17.7 Å². The molecule has 0 atom stereocenters. The Morgan fingerprint density at radius 1 is 1.21 bits per heavy atom. The molecule has 1 aromatic carbocycles. The number of hydrogen-bond acceptors (Lipinski definition) is 4. The predicted octanol–water partition coefficient (Wildman–Crippen LogP) is 4.08. The van der Waals surface area contributed by atoms with Crippen molar-refractivity contribution in [1.82, 2.24) is 4.98 Å². The summed E-state index contributed by atoms with van der Waals surface area (Å²) < 4.78 is 5.13. The highest BCUT2D eigenvalue weighted by Crippen LogP contribution is 2.27. The van der Waals surface area contributed by atoms with E-state index in [2.05, 4.69) is 10.3 Å². The largest absolute Gasteiger partial charge is 0.497 e. The third-order valence-corrected chi connectivity index (χ3v) is 3.98. The molecule has 100 valence electrons. The van der Waals surface area contributed by atoms with Crippen molar-refractivity contribution in [3.63, 3.8) is 0 Å². The van der Waals surface area contributed by atoms with Crippen LogP contribution in [0.25, 0.3) is 0 Å². The van der Waals surface area contributed by atoms with Crippen LogP contribution < -0.4 is 10.1 Å². The lowest BCUT2D eigenvalue weighted by Crippen LogP contribution is -1.96. The third-order valence-electron chi connectivity index (χ3n) is 2.61. The highest BCUT2D eigenvalue weighted by Gasteiger charge is 2.05. The average molecular weight is 295 g/mol. The van der Waals surface area contributed by atoms with Gasteiger partial charge in [0.05, 0.1) is 17.8 Å². The molecule has 0 amide bonds. The van der Waals surface area contributed by atoms with E-state index in [0.717, 1.165) is 27.9 Å². The molecule has 0 spiro atoms. The molecule has 0 saturated heterocycles. The second-order valence-corrected chi connectivity index (χ2v) is 5.30. The number of hydrogen-bond donors (Lipinski definition) is 1. The zero-order valence-electron chi connectivity index (χ0n) is 10.8. The summed E-state index contributed by atoms with van der Waals surface area (Å²) in [6, 6.07) is 11.7. The molecule has 0 aliphatic carbocycles. The molecule has 3 nitrogen and oxygen atoms in total. The molecule has 1 N–H and O–H groups in total. The first-order valence-corrected chi connectivity index (χ1v) is 7.19. The summed E-state index contributed by atoms with van der Waals surface area (Å²) >= 11 is 7.84. The molecule has 1 heterocycles. The number of aromatic nitrogens is 1. The summed E-state index contributed by atoms with van der Waals surface area (Å²) in [7, 11) is 3.51. The Morgan fingerprint density at radius 3 is 2.58 bits per heavy atom. The molecule has 2 rings (SSSR count). The number of halogens is 1. The first-order valence-electron chi connectivity index (χ1n) is 5.83. The van der Waals surface area contributed by atoms with Crippen LogP contribution in [0.5, 0.6) is 5.75 Å². The van der Waals surface area contributed by atoms with E-state index >= 15 is 0 Å². The Labute approximate surface area is 122 Å². The summed E-state index contributed by atoms with van der Waals surface area (Å²) in [5.41, 5.74) is 0.884. The minimum absolute atomic E-state index is 0.694. The van der Waals surface area contributed by atoms with E-state index < -0.39 is 0 Å². The smallest absolute Gasteiger partial charge is 0.126 e. The van der Waals surface area contributed by atoms with Crippen molar-refractivity contribution < 1.29 is 4.74 Å². The summed E-state index contributed by atoms with van der Waals surface area (Å²) in [6.45, 7) is 0. The van der Waals surface area contributed by atoms with Crippen molar-refractivity contribution in [2.45, 2.75) is 10.6 Å². The van der Waals surface area contributed by atoms with Crippen molar-refractivity contribution in [1.29, 1.82) is 0 Å². The number of benzene rings is 1. The van der Waals surface area contributed by atoms with Crippen molar-refractivity contribution in [3.05, 3.63) is 47.1 Å². The van der Waals surface area contributed by atoms with E-state index in [-0.39, 0.29) is 0 Å². The molecule has 0 saturated carbocycles. The number of ether oxygens (including phenoxy) is 1. The van der Waals surface area contributed by atoms with Crippen LogP contribution >= 0.6 is 23.4 Å². The van der Waals surface area contributed by atoms with Crippen LogP contribution in [0.4, 0.5) is 5.82 Å². The molecule has 5 heteroatoms. The molecule has 2 aromatic rings. The SMILES string of the molecule is CNc1ccc(Cl)c(CSc2ccc(OC)cc2)n1. The molecule has 19 heavy (non-hydrogen) atoms. The summed E-state index contributed by atoms with van der Waals surface area (Å²) in [4.78, 5) is 5.61. The van der Waals surface area contributed by atoms with Gasteiger partial charge in [-0.25, -0.2) is 4.98 Å². The quantitative estimate of drug-likeness (QED) is 0.843. The molecule has 0 fully saturated rings. The summed E-state index contributed by atoms with van der Waals surface area (Å²) in [5.74, 6) is 2.42. The Kier molecular flexibility index (Phi) is 4.93. The first kappa shape index (κ1) is 14.0. The van der Waals surface area contributed by atoms with Crippen LogP contribution in [0, 0.1) is 0 Å². The number of nitrogens with one attached hydrogen (secondary N) is 1. The van der Waals surface area contributed by atoms with Gasteiger partial charge in [0.2, 0.25) is 0 Å². The van der Waals surface area contributed by atoms with Crippen LogP contribution in [-0.2, 0) is 5.75 Å². The van der Waals surface area contributed by atoms with Gasteiger partial charge in [-0.1, -0.05) is 11.6 Å². The van der Waals surface area contributed by atoms with Gasteiger partial charge in [-0.15, -0.1) is 11.8 Å². The highest BCUT2D eigenvalue weighted by atomic mass is 35.5. The molecule has 0 radical (unpaired) electrons. The topological polar surface area (TPSA) is 34.1 Å². The number of pyridine rings is 1. The number of anilines is 1. The van der Waals surface area contributed by atoms with Crippen LogP contribution in [0.15, 0.2) is 41.3 Å². The van der Waals surface area contributed by atoms with Gasteiger partial charge in [0.15, 0.2) is 0 Å². The second kappa shape index (κ2) is 6.68. The maximum atomic E-state index is 6.14. The fraction of sp³-hybridized carbons (Fsp3) is 0.214. The van der Waals surface area contributed by atoms with Crippen LogP contribution in [0.2, 0.25) is 5.02 Å². The third kappa shape index (κ3) is 3.78. The van der Waals surface area contributed by atoms with E-state index in [1.54, 1.807) is 18.9 Å². The van der Waals surface area contributed by atoms with E-state index in [9.17, 15) is 0 Å². The van der Waals surface area contributed by atoms with Gasteiger partial charge >= 0.3 is 0 Å². The number of methoxy groups -OCH3 is 1. The van der Waals surface area contributed by atoms with Crippen LogP contribution in [0.1, 0.15) is 5.69 Å². The molecule has 0 aliphatic rings. The van der Waals surface area contributed by atoms with Crippen LogP contribution in [-0.4, -0.2) is 19.1 Å². The van der Waals surface area contributed by atoms with E-state index in [0.29, 0.717) is 5.02 Å². The molecule has 0 aliphatic heterocycles. The van der Waals surface area contributed by atoms with Crippen molar-refractivity contribution in [2.75, 3.05) is 19.5 Å². The lowest BCUT2D eigenvalue weighted by molar-refractivity contribution is 0.414. The van der Waals surface area contributed by atoms with Crippen molar-refractivity contribution in [2.24, 2.45) is 0 Å². The maximum Gasteiger partial charge on any atom is 0.126 e. The monoisotopic (exact) mass is 294 g/mol. The van der Waals surface area contributed by atoms with Gasteiger partial charge in [0.1, 0.15) is 11.6 Å². The van der Waals surface area contributed by atoms with Gasteiger partial charge in [0.25, 0.3) is 0 Å². The van der Waals surface area contributed by atoms with E-state index in [1.807, 2.05) is 43.4 Å². The van der Waals surface area contributed by atoms with Gasteiger partial charge in [-0.05, 0) is 36.4 Å². The molecule has 0 unspecified atom stereocenters. The summed E-state index contributed by atoms with van der Waals surface area (Å²) in [5, 5.41) is 3.71. The molecular weight excluding hydrogens is 280 g/mol. The van der Waals surface area contributed by atoms with E-state index in [4.69, 9.17) is 16.3 Å². The number of nitrogens with zero attached hydrogens (tertiary/aromatic N) is 1. The normalized spacial score (nSPS) is 10.3. The Morgan fingerprint density at radius 2 is 1.95 bits per heavy atom. The van der Waals surface area contributed by atoms with Crippen molar-refractivity contribution in [3.8, 4) is 5.75 Å². The Balaban J connectivity index is 2.05. The number of rotatable bonds is 5. The predicted molar refractivity (Wildman–Crippen MR) is 81.3 cm³/mol. The molecule has 0 bridgehead atoms. The number of thioether (sulfide) groups is 1. The minimum Gasteiger partial charge on any atom is -0.497 e. The standard InChI is InChI=1S/C14H15ClN2OS/c1-16-14-8-7-12(15)13(17-14)9-19-11-5-3-10(18-2)4-6-11/h3-8H,9H2,1-2H3,(H,16,17). The fourth-order valence-electron chi connectivity index (χ4n) is 1.55. The lowest BCUT2D eigenvalue weighted by Gasteiger charge is -2.07. The Bertz CT molecular complexity index is 546. The zero-order valence-corrected chi connectivity index (χ0v) is 12.4. The highest BCUT2D eigenvalue weighted by molar-refractivity contribution is 7.98. The summed E-state index contributed by atoms with van der Waals surface area (Å²) in [6.07, 6.45) is 0. The Hall–Kier alpha value is -1.39. The van der Waals surface area contributed by atoms with Gasteiger partial charge < -0.3 is 10.1 Å². The molecule has 1 aromatic heterocycles. The lowest BCUT2D eigenvalue weighted by atomic mass is 10.3. The van der Waals surface area contributed by atoms with Gasteiger partial charge in [-0.3, -0.25) is 0 Å². The zero-order chi connectivity index (χ0) is 13.7. The molecular formula is C14H15ClN2OS. The first-order chi connectivity index (χ1) is 9.22. The van der Waals surface area contributed by atoms with Crippen molar-refractivity contribution >= 4 is 29.2 Å². The average Bonchev–Trinajstić information content (AvgIpc) is 2.47. The van der Waals surface area contributed by atoms with E-state index in [1.165, 1.54) is 0 Å².